The molecular formula is C12H23N3O. The summed E-state index contributed by atoms with van der Waals surface area (Å²) in [5.74, 6) is 0.139. The van der Waals surface area contributed by atoms with Crippen molar-refractivity contribution in [2.75, 3.05) is 26.7 Å². The fourth-order valence-corrected chi connectivity index (χ4v) is 2.79. The quantitative estimate of drug-likeness (QED) is 0.754. The van der Waals surface area contributed by atoms with E-state index in [1.165, 1.54) is 25.7 Å². The van der Waals surface area contributed by atoms with Gasteiger partial charge in [0.05, 0.1) is 6.04 Å². The van der Waals surface area contributed by atoms with Crippen LogP contribution in [0.1, 0.15) is 32.1 Å². The molecule has 1 saturated heterocycles. The molecule has 1 aliphatic heterocycles. The van der Waals surface area contributed by atoms with Crippen LogP contribution in [0.2, 0.25) is 0 Å². The number of nitrogens with zero attached hydrogens (tertiary/aromatic N) is 2. The highest BCUT2D eigenvalue weighted by Gasteiger charge is 2.28. The molecule has 1 amide bonds. The van der Waals surface area contributed by atoms with Crippen molar-refractivity contribution in [2.45, 2.75) is 44.2 Å². The van der Waals surface area contributed by atoms with E-state index in [-0.39, 0.29) is 11.9 Å². The highest BCUT2D eigenvalue weighted by molar-refractivity contribution is 5.83. The lowest BCUT2D eigenvalue weighted by Gasteiger charge is -2.26. The molecule has 1 atom stereocenters. The normalized spacial score (nSPS) is 27.3. The summed E-state index contributed by atoms with van der Waals surface area (Å²) in [5.41, 5.74) is 5.69. The van der Waals surface area contributed by atoms with E-state index in [0.717, 1.165) is 32.1 Å². The molecule has 1 unspecified atom stereocenters. The molecule has 2 rings (SSSR count). The van der Waals surface area contributed by atoms with Gasteiger partial charge in [0.25, 0.3) is 0 Å². The third-order valence-corrected chi connectivity index (χ3v) is 4.01. The summed E-state index contributed by atoms with van der Waals surface area (Å²) in [5, 5.41) is 0. The highest BCUT2D eigenvalue weighted by atomic mass is 16.2. The topological polar surface area (TPSA) is 49.6 Å². The third kappa shape index (κ3) is 2.55. The summed E-state index contributed by atoms with van der Waals surface area (Å²) in [4.78, 5) is 15.9. The highest BCUT2D eigenvalue weighted by Crippen LogP contribution is 2.22. The Kier molecular flexibility index (Phi) is 3.82. The van der Waals surface area contributed by atoms with Crippen LogP contribution in [0.3, 0.4) is 0 Å². The van der Waals surface area contributed by atoms with Crippen LogP contribution in [0.4, 0.5) is 0 Å². The number of rotatable bonds is 4. The Labute approximate surface area is 97.8 Å². The van der Waals surface area contributed by atoms with Crippen LogP contribution < -0.4 is 5.73 Å². The Hall–Kier alpha value is -0.610. The zero-order chi connectivity index (χ0) is 11.5. The van der Waals surface area contributed by atoms with E-state index in [1.807, 2.05) is 4.90 Å². The summed E-state index contributed by atoms with van der Waals surface area (Å²) < 4.78 is 0. The Morgan fingerprint density at radius 2 is 2.06 bits per heavy atom. The maximum atomic E-state index is 11.6. The summed E-state index contributed by atoms with van der Waals surface area (Å²) in [6.07, 6.45) is 6.20. The van der Waals surface area contributed by atoms with Crippen LogP contribution in [0, 0.1) is 0 Å². The molecule has 1 aliphatic carbocycles. The molecule has 1 heterocycles. The molecule has 0 aromatic rings. The second-order valence-electron chi connectivity index (χ2n) is 5.14. The SMILES string of the molecule is CN(CCN1CCC(N)C1=O)C1CCCC1. The second kappa shape index (κ2) is 5.15. The van der Waals surface area contributed by atoms with Gasteiger partial charge in [-0.15, -0.1) is 0 Å². The van der Waals surface area contributed by atoms with Crippen molar-refractivity contribution in [1.29, 1.82) is 0 Å². The molecule has 2 aliphatic rings. The van der Waals surface area contributed by atoms with Gasteiger partial charge in [-0.2, -0.15) is 0 Å². The minimum absolute atomic E-state index is 0.139. The zero-order valence-corrected chi connectivity index (χ0v) is 10.2. The van der Waals surface area contributed by atoms with Gasteiger partial charge in [-0.3, -0.25) is 4.79 Å². The van der Waals surface area contributed by atoms with Crippen LogP contribution in [0.15, 0.2) is 0 Å². The molecule has 2 N–H and O–H groups in total. The van der Waals surface area contributed by atoms with Crippen LogP contribution in [-0.4, -0.2) is 54.5 Å². The van der Waals surface area contributed by atoms with E-state index in [4.69, 9.17) is 5.73 Å². The number of hydrogen-bond donors (Lipinski definition) is 1. The van der Waals surface area contributed by atoms with E-state index in [0.29, 0.717) is 0 Å². The zero-order valence-electron chi connectivity index (χ0n) is 10.2. The maximum absolute atomic E-state index is 11.6. The fraction of sp³-hybridized carbons (Fsp3) is 0.917. The van der Waals surface area contributed by atoms with Gasteiger partial charge in [0.1, 0.15) is 0 Å². The summed E-state index contributed by atoms with van der Waals surface area (Å²) >= 11 is 0. The standard InChI is InChI=1S/C12H23N3O/c1-14(10-4-2-3-5-10)8-9-15-7-6-11(13)12(15)16/h10-11H,2-9,13H2,1H3. The first-order valence-corrected chi connectivity index (χ1v) is 6.43. The predicted octanol–water partition coefficient (Wildman–Crippen LogP) is 0.420. The largest absolute Gasteiger partial charge is 0.340 e. The maximum Gasteiger partial charge on any atom is 0.239 e. The van der Waals surface area contributed by atoms with E-state index < -0.39 is 0 Å². The number of carbonyl (C=O) groups excluding carboxylic acids is 1. The molecule has 92 valence electrons. The first-order chi connectivity index (χ1) is 7.68. The number of amides is 1. The Balaban J connectivity index is 1.72. The van der Waals surface area contributed by atoms with Gasteiger partial charge in [0.15, 0.2) is 0 Å². The summed E-state index contributed by atoms with van der Waals surface area (Å²) in [6, 6.07) is 0.503. The van der Waals surface area contributed by atoms with Gasteiger partial charge < -0.3 is 15.5 Å². The summed E-state index contributed by atoms with van der Waals surface area (Å²) in [6.45, 7) is 2.68. The van der Waals surface area contributed by atoms with Gasteiger partial charge in [-0.05, 0) is 26.3 Å². The molecule has 1 saturated carbocycles. The number of carbonyl (C=O) groups is 1. The van der Waals surface area contributed by atoms with Crippen LogP contribution in [-0.2, 0) is 4.79 Å². The van der Waals surface area contributed by atoms with Crippen molar-refractivity contribution in [3.8, 4) is 0 Å². The molecule has 16 heavy (non-hydrogen) atoms. The molecule has 0 aromatic carbocycles. The first kappa shape index (κ1) is 11.9. The van der Waals surface area contributed by atoms with Crippen LogP contribution in [0.5, 0.6) is 0 Å². The number of likely N-dealkylation sites (tertiary alicyclic amines) is 1. The van der Waals surface area contributed by atoms with Crippen molar-refractivity contribution in [1.82, 2.24) is 9.80 Å². The number of hydrogen-bond acceptors (Lipinski definition) is 3. The number of nitrogens with two attached hydrogens (primary N) is 1. The Morgan fingerprint density at radius 3 is 2.62 bits per heavy atom. The lowest BCUT2D eigenvalue weighted by molar-refractivity contribution is -0.128. The molecule has 4 heteroatoms. The van der Waals surface area contributed by atoms with Crippen molar-refractivity contribution in [3.05, 3.63) is 0 Å². The molecule has 0 spiro atoms. The lowest BCUT2D eigenvalue weighted by Crippen LogP contribution is -2.40. The minimum atomic E-state index is -0.239. The van der Waals surface area contributed by atoms with Crippen LogP contribution in [0.25, 0.3) is 0 Å². The van der Waals surface area contributed by atoms with Crippen molar-refractivity contribution in [2.24, 2.45) is 5.73 Å². The predicted molar refractivity (Wildman–Crippen MR) is 64.1 cm³/mol. The smallest absolute Gasteiger partial charge is 0.239 e. The van der Waals surface area contributed by atoms with Gasteiger partial charge in [0.2, 0.25) is 5.91 Å². The first-order valence-electron chi connectivity index (χ1n) is 6.43. The van der Waals surface area contributed by atoms with E-state index in [2.05, 4.69) is 11.9 Å². The van der Waals surface area contributed by atoms with Crippen molar-refractivity contribution in [3.63, 3.8) is 0 Å². The van der Waals surface area contributed by atoms with Gasteiger partial charge >= 0.3 is 0 Å². The fourth-order valence-electron chi connectivity index (χ4n) is 2.79. The van der Waals surface area contributed by atoms with Crippen molar-refractivity contribution < 1.29 is 4.79 Å². The van der Waals surface area contributed by atoms with E-state index >= 15 is 0 Å². The monoisotopic (exact) mass is 225 g/mol. The molecule has 4 nitrogen and oxygen atoms in total. The van der Waals surface area contributed by atoms with Crippen molar-refractivity contribution >= 4 is 5.91 Å². The number of likely N-dealkylation sites (N-methyl/N-ethyl adjacent to an activating group) is 1. The summed E-state index contributed by atoms with van der Waals surface area (Å²) in [7, 11) is 2.18. The minimum Gasteiger partial charge on any atom is -0.340 e. The van der Waals surface area contributed by atoms with Crippen LogP contribution >= 0.6 is 0 Å². The van der Waals surface area contributed by atoms with Gasteiger partial charge in [-0.25, -0.2) is 0 Å². The average Bonchev–Trinajstić information content (AvgIpc) is 2.89. The molecule has 0 aromatic heterocycles. The molecule has 0 bridgehead atoms. The molecular weight excluding hydrogens is 202 g/mol. The molecule has 0 radical (unpaired) electrons. The van der Waals surface area contributed by atoms with Gasteiger partial charge in [0, 0.05) is 25.7 Å². The molecule has 2 fully saturated rings. The lowest BCUT2D eigenvalue weighted by atomic mass is 10.2. The van der Waals surface area contributed by atoms with E-state index in [1.54, 1.807) is 0 Å². The Morgan fingerprint density at radius 1 is 1.38 bits per heavy atom. The average molecular weight is 225 g/mol. The third-order valence-electron chi connectivity index (χ3n) is 4.01. The van der Waals surface area contributed by atoms with Gasteiger partial charge in [-0.1, -0.05) is 12.8 Å². The Bertz CT molecular complexity index is 251. The van der Waals surface area contributed by atoms with E-state index in [9.17, 15) is 4.79 Å². The second-order valence-corrected chi connectivity index (χ2v) is 5.14.